The zero-order chi connectivity index (χ0) is 12.6. The molecule has 0 aromatic heterocycles. The lowest BCUT2D eigenvalue weighted by molar-refractivity contribution is 0.263. The van der Waals surface area contributed by atoms with Gasteiger partial charge in [0.15, 0.2) is 0 Å². The highest BCUT2D eigenvalue weighted by Gasteiger charge is 2.38. The van der Waals surface area contributed by atoms with Gasteiger partial charge in [0.2, 0.25) is 0 Å². The first-order valence-corrected chi connectivity index (χ1v) is 7.81. The Morgan fingerprint density at radius 2 is 1.78 bits per heavy atom. The molecule has 5 nitrogen and oxygen atoms in total. The van der Waals surface area contributed by atoms with Crippen LogP contribution in [0.15, 0.2) is 0 Å². The van der Waals surface area contributed by atoms with Gasteiger partial charge in [-0.2, -0.15) is 17.0 Å². The zero-order valence-corrected chi connectivity index (χ0v) is 12.7. The monoisotopic (exact) mass is 297 g/mol. The van der Waals surface area contributed by atoms with Crippen LogP contribution < -0.4 is 5.73 Å². The molecule has 0 amide bonds. The third-order valence-corrected chi connectivity index (χ3v) is 5.84. The molecule has 0 bridgehead atoms. The van der Waals surface area contributed by atoms with E-state index in [1.165, 1.54) is 0 Å². The SMILES string of the molecule is CC1CCCN(S(=O)(=O)N2CC(C)C(N)C2)C1.Cl. The number of hydrogen-bond acceptors (Lipinski definition) is 3. The van der Waals surface area contributed by atoms with E-state index >= 15 is 0 Å². The maximum absolute atomic E-state index is 12.4. The standard InChI is InChI=1S/C11H23N3O2S.ClH/c1-9-4-3-5-13(6-9)17(15,16)14-7-10(2)11(12)8-14;/h9-11H,3-8,12H2,1-2H3;1H. The lowest BCUT2D eigenvalue weighted by atomic mass is 10.0. The Hall–Kier alpha value is 0.120. The van der Waals surface area contributed by atoms with E-state index in [-0.39, 0.29) is 24.4 Å². The number of nitrogens with zero attached hydrogens (tertiary/aromatic N) is 2. The van der Waals surface area contributed by atoms with E-state index in [0.717, 1.165) is 12.8 Å². The first kappa shape index (κ1) is 16.2. The van der Waals surface area contributed by atoms with E-state index in [0.29, 0.717) is 32.1 Å². The fourth-order valence-electron chi connectivity index (χ4n) is 2.65. The summed E-state index contributed by atoms with van der Waals surface area (Å²) in [5.74, 6) is 0.721. The van der Waals surface area contributed by atoms with E-state index < -0.39 is 10.2 Å². The van der Waals surface area contributed by atoms with E-state index in [1.807, 2.05) is 6.92 Å². The third-order valence-electron chi connectivity index (χ3n) is 3.91. The van der Waals surface area contributed by atoms with Gasteiger partial charge in [0.1, 0.15) is 0 Å². The molecule has 0 aromatic carbocycles. The topological polar surface area (TPSA) is 66.6 Å². The van der Waals surface area contributed by atoms with E-state index in [2.05, 4.69) is 6.92 Å². The molecule has 0 aliphatic carbocycles. The van der Waals surface area contributed by atoms with E-state index in [9.17, 15) is 8.42 Å². The molecule has 2 N–H and O–H groups in total. The van der Waals surface area contributed by atoms with Crippen molar-refractivity contribution in [3.63, 3.8) is 0 Å². The quantitative estimate of drug-likeness (QED) is 0.814. The van der Waals surface area contributed by atoms with Crippen molar-refractivity contribution in [3.8, 4) is 0 Å². The van der Waals surface area contributed by atoms with Crippen molar-refractivity contribution in [2.75, 3.05) is 26.2 Å². The molecule has 2 heterocycles. The van der Waals surface area contributed by atoms with Crippen LogP contribution in [0.5, 0.6) is 0 Å². The molecule has 2 rings (SSSR count). The summed E-state index contributed by atoms with van der Waals surface area (Å²) in [6.07, 6.45) is 2.10. The van der Waals surface area contributed by atoms with Gasteiger partial charge in [-0.3, -0.25) is 0 Å². The number of halogens is 1. The number of piperidine rings is 1. The first-order valence-electron chi connectivity index (χ1n) is 6.42. The molecule has 0 radical (unpaired) electrons. The summed E-state index contributed by atoms with van der Waals surface area (Å²) >= 11 is 0. The molecule has 2 aliphatic rings. The Labute approximate surface area is 116 Å². The maximum Gasteiger partial charge on any atom is 0.282 e. The van der Waals surface area contributed by atoms with Crippen LogP contribution in [0.1, 0.15) is 26.7 Å². The van der Waals surface area contributed by atoms with Crippen molar-refractivity contribution in [1.82, 2.24) is 8.61 Å². The summed E-state index contributed by atoms with van der Waals surface area (Å²) in [5.41, 5.74) is 5.90. The van der Waals surface area contributed by atoms with Crippen molar-refractivity contribution in [1.29, 1.82) is 0 Å². The third kappa shape index (κ3) is 3.17. The highest BCUT2D eigenvalue weighted by molar-refractivity contribution is 7.86. The predicted molar refractivity (Wildman–Crippen MR) is 74.9 cm³/mol. The van der Waals surface area contributed by atoms with Gasteiger partial charge >= 0.3 is 0 Å². The summed E-state index contributed by atoms with van der Waals surface area (Å²) in [6.45, 7) is 6.47. The van der Waals surface area contributed by atoms with Crippen molar-refractivity contribution in [2.24, 2.45) is 17.6 Å². The first-order chi connectivity index (χ1) is 7.91. The number of hydrogen-bond donors (Lipinski definition) is 1. The van der Waals surface area contributed by atoms with Crippen LogP contribution in [0.25, 0.3) is 0 Å². The Bertz CT molecular complexity index is 356. The molecule has 3 unspecified atom stereocenters. The predicted octanol–water partition coefficient (Wildman–Crippen LogP) is 0.664. The second-order valence-corrected chi connectivity index (χ2v) is 7.50. The van der Waals surface area contributed by atoms with E-state index in [4.69, 9.17) is 5.73 Å². The van der Waals surface area contributed by atoms with Crippen molar-refractivity contribution in [2.45, 2.75) is 32.7 Å². The average molecular weight is 298 g/mol. The highest BCUT2D eigenvalue weighted by atomic mass is 35.5. The van der Waals surface area contributed by atoms with Gasteiger partial charge in [0, 0.05) is 32.2 Å². The summed E-state index contributed by atoms with van der Waals surface area (Å²) in [6, 6.07) is -0.0213. The Balaban J connectivity index is 0.00000162. The summed E-state index contributed by atoms with van der Waals surface area (Å²) in [5, 5.41) is 0. The minimum absolute atomic E-state index is 0. The largest absolute Gasteiger partial charge is 0.326 e. The second-order valence-electron chi connectivity index (χ2n) is 5.57. The van der Waals surface area contributed by atoms with Crippen LogP contribution in [0.3, 0.4) is 0 Å². The normalized spacial score (nSPS) is 35.4. The summed E-state index contributed by atoms with van der Waals surface area (Å²) in [4.78, 5) is 0. The highest BCUT2D eigenvalue weighted by Crippen LogP contribution is 2.24. The van der Waals surface area contributed by atoms with Crippen LogP contribution in [0, 0.1) is 11.8 Å². The van der Waals surface area contributed by atoms with Gasteiger partial charge in [0.05, 0.1) is 0 Å². The van der Waals surface area contributed by atoms with Crippen molar-refractivity contribution < 1.29 is 8.42 Å². The van der Waals surface area contributed by atoms with Gasteiger partial charge < -0.3 is 5.73 Å². The summed E-state index contributed by atoms with van der Waals surface area (Å²) < 4.78 is 28.0. The lowest BCUT2D eigenvalue weighted by Gasteiger charge is -2.33. The average Bonchev–Trinajstić information content (AvgIpc) is 2.60. The van der Waals surface area contributed by atoms with Gasteiger partial charge in [-0.25, -0.2) is 0 Å². The van der Waals surface area contributed by atoms with Crippen LogP contribution >= 0.6 is 12.4 Å². The zero-order valence-electron chi connectivity index (χ0n) is 11.1. The smallest absolute Gasteiger partial charge is 0.282 e. The second kappa shape index (κ2) is 6.05. The molecule has 108 valence electrons. The molecular formula is C11H24ClN3O2S. The molecule has 3 atom stereocenters. The number of nitrogens with two attached hydrogens (primary N) is 1. The fourth-order valence-corrected chi connectivity index (χ4v) is 4.57. The maximum atomic E-state index is 12.4. The van der Waals surface area contributed by atoms with Crippen LogP contribution in [-0.4, -0.2) is 49.2 Å². The fraction of sp³-hybridized carbons (Fsp3) is 1.00. The Kier molecular flexibility index (Phi) is 5.44. The molecular weight excluding hydrogens is 274 g/mol. The van der Waals surface area contributed by atoms with Crippen LogP contribution in [0.4, 0.5) is 0 Å². The van der Waals surface area contributed by atoms with Crippen molar-refractivity contribution >= 4 is 22.6 Å². The lowest BCUT2D eigenvalue weighted by Crippen LogP contribution is -2.47. The number of rotatable bonds is 2. The minimum Gasteiger partial charge on any atom is -0.326 e. The minimum atomic E-state index is -3.27. The molecule has 2 aliphatic heterocycles. The van der Waals surface area contributed by atoms with Crippen molar-refractivity contribution in [3.05, 3.63) is 0 Å². The van der Waals surface area contributed by atoms with Gasteiger partial charge in [0.25, 0.3) is 10.2 Å². The van der Waals surface area contributed by atoms with Crippen LogP contribution in [-0.2, 0) is 10.2 Å². The molecule has 0 spiro atoms. The molecule has 7 heteroatoms. The molecule has 0 aromatic rings. The van der Waals surface area contributed by atoms with Gasteiger partial charge in [-0.15, -0.1) is 12.4 Å². The molecule has 18 heavy (non-hydrogen) atoms. The molecule has 2 fully saturated rings. The van der Waals surface area contributed by atoms with Gasteiger partial charge in [-0.1, -0.05) is 13.8 Å². The van der Waals surface area contributed by atoms with Crippen LogP contribution in [0.2, 0.25) is 0 Å². The van der Waals surface area contributed by atoms with Gasteiger partial charge in [-0.05, 0) is 24.7 Å². The Morgan fingerprint density at radius 1 is 1.11 bits per heavy atom. The van der Waals surface area contributed by atoms with E-state index in [1.54, 1.807) is 8.61 Å². The molecule has 2 saturated heterocycles. The molecule has 0 saturated carbocycles. The Morgan fingerprint density at radius 3 is 2.28 bits per heavy atom. The summed E-state index contributed by atoms with van der Waals surface area (Å²) in [7, 11) is -3.27.